The summed E-state index contributed by atoms with van der Waals surface area (Å²) < 4.78 is 18.4. The van der Waals surface area contributed by atoms with E-state index in [0.717, 1.165) is 24.9 Å². The lowest BCUT2D eigenvalue weighted by Gasteiger charge is -2.28. The van der Waals surface area contributed by atoms with Gasteiger partial charge in [0.05, 0.1) is 0 Å². The molecule has 6 heteroatoms. The van der Waals surface area contributed by atoms with E-state index in [1.54, 1.807) is 18.2 Å². The van der Waals surface area contributed by atoms with Gasteiger partial charge in [0.25, 0.3) is 5.91 Å². The Morgan fingerprint density at radius 1 is 1.04 bits per heavy atom. The van der Waals surface area contributed by atoms with E-state index in [4.69, 9.17) is 4.74 Å². The van der Waals surface area contributed by atoms with Crippen LogP contribution in [0.3, 0.4) is 0 Å². The fraction of sp³-hybridized carbons (Fsp3) is 0.273. The third-order valence-corrected chi connectivity index (χ3v) is 4.52. The number of carbonyl (C=O) groups is 2. The smallest absolute Gasteiger partial charge is 0.331 e. The van der Waals surface area contributed by atoms with Gasteiger partial charge in [-0.15, -0.1) is 0 Å². The minimum atomic E-state index is -0.709. The molecule has 1 aliphatic rings. The Balaban J connectivity index is 1.45. The van der Waals surface area contributed by atoms with Crippen LogP contribution in [0.25, 0.3) is 6.08 Å². The van der Waals surface area contributed by atoms with Crippen molar-refractivity contribution in [2.75, 3.05) is 29.9 Å². The summed E-state index contributed by atoms with van der Waals surface area (Å²) in [5, 5.41) is 2.69. The maximum atomic E-state index is 13.5. The molecule has 0 aliphatic carbocycles. The number of esters is 1. The molecule has 1 heterocycles. The standard InChI is InChI=1S/C22H23FN2O3/c23-20-7-3-2-6-17(20)8-13-22(27)28-16-21(26)24-18-9-11-19(12-10-18)25-14-4-1-5-15-25/h2-3,6-13H,1,4-5,14-16H2,(H,24,26)/b13-8+. The van der Waals surface area contributed by atoms with Gasteiger partial charge in [-0.1, -0.05) is 18.2 Å². The first-order valence-electron chi connectivity index (χ1n) is 9.36. The summed E-state index contributed by atoms with van der Waals surface area (Å²) in [6.45, 7) is 1.71. The van der Waals surface area contributed by atoms with Crippen molar-refractivity contribution < 1.29 is 18.7 Å². The highest BCUT2D eigenvalue weighted by atomic mass is 19.1. The van der Waals surface area contributed by atoms with E-state index in [2.05, 4.69) is 10.2 Å². The van der Waals surface area contributed by atoms with Crippen LogP contribution in [0.2, 0.25) is 0 Å². The number of hydrogen-bond donors (Lipinski definition) is 1. The van der Waals surface area contributed by atoms with E-state index in [9.17, 15) is 14.0 Å². The van der Waals surface area contributed by atoms with Gasteiger partial charge < -0.3 is 15.0 Å². The molecular weight excluding hydrogens is 359 g/mol. The van der Waals surface area contributed by atoms with Crippen LogP contribution >= 0.6 is 0 Å². The number of piperidine rings is 1. The van der Waals surface area contributed by atoms with Gasteiger partial charge in [0.2, 0.25) is 0 Å². The molecule has 2 aromatic carbocycles. The second-order valence-electron chi connectivity index (χ2n) is 6.61. The minimum absolute atomic E-state index is 0.276. The number of rotatable bonds is 6. The number of carbonyl (C=O) groups excluding carboxylic acids is 2. The summed E-state index contributed by atoms with van der Waals surface area (Å²) in [6.07, 6.45) is 6.09. The topological polar surface area (TPSA) is 58.6 Å². The second-order valence-corrected chi connectivity index (χ2v) is 6.61. The van der Waals surface area contributed by atoms with Crippen LogP contribution in [0, 0.1) is 5.82 Å². The number of halogens is 1. The molecule has 3 rings (SSSR count). The van der Waals surface area contributed by atoms with Crippen LogP contribution in [0.15, 0.2) is 54.6 Å². The van der Waals surface area contributed by atoms with Gasteiger partial charge in [0.15, 0.2) is 6.61 Å². The van der Waals surface area contributed by atoms with Crippen LogP contribution in [-0.4, -0.2) is 31.6 Å². The molecule has 146 valence electrons. The normalized spacial score (nSPS) is 14.1. The van der Waals surface area contributed by atoms with E-state index in [1.165, 1.54) is 31.4 Å². The van der Waals surface area contributed by atoms with Gasteiger partial charge >= 0.3 is 5.97 Å². The van der Waals surface area contributed by atoms with Crippen molar-refractivity contribution in [2.45, 2.75) is 19.3 Å². The number of nitrogens with zero attached hydrogens (tertiary/aromatic N) is 1. The molecule has 0 atom stereocenters. The first-order valence-corrected chi connectivity index (χ1v) is 9.36. The Labute approximate surface area is 163 Å². The third-order valence-electron chi connectivity index (χ3n) is 4.52. The summed E-state index contributed by atoms with van der Waals surface area (Å²) in [5.74, 6) is -1.57. The highest BCUT2D eigenvalue weighted by Crippen LogP contribution is 2.21. The molecule has 1 aliphatic heterocycles. The van der Waals surface area contributed by atoms with Crippen LogP contribution < -0.4 is 10.2 Å². The number of benzene rings is 2. The predicted octanol–water partition coefficient (Wildman–Crippen LogP) is 4.01. The summed E-state index contributed by atoms with van der Waals surface area (Å²) in [6, 6.07) is 13.7. The molecule has 0 aromatic heterocycles. The van der Waals surface area contributed by atoms with Crippen molar-refractivity contribution in [3.63, 3.8) is 0 Å². The summed E-state index contributed by atoms with van der Waals surface area (Å²) >= 11 is 0. The van der Waals surface area contributed by atoms with Gasteiger partial charge in [-0.05, 0) is 55.7 Å². The molecule has 5 nitrogen and oxygen atoms in total. The Kier molecular flexibility index (Phi) is 6.78. The van der Waals surface area contributed by atoms with E-state index in [1.807, 2.05) is 24.3 Å². The number of amides is 1. The monoisotopic (exact) mass is 382 g/mol. The predicted molar refractivity (Wildman–Crippen MR) is 108 cm³/mol. The van der Waals surface area contributed by atoms with Crippen molar-refractivity contribution in [3.05, 3.63) is 66.0 Å². The van der Waals surface area contributed by atoms with Crippen LogP contribution in [0.1, 0.15) is 24.8 Å². The minimum Gasteiger partial charge on any atom is -0.452 e. The van der Waals surface area contributed by atoms with E-state index >= 15 is 0 Å². The highest BCUT2D eigenvalue weighted by molar-refractivity contribution is 5.94. The van der Waals surface area contributed by atoms with Crippen LogP contribution in [-0.2, 0) is 14.3 Å². The fourth-order valence-electron chi connectivity index (χ4n) is 3.06. The van der Waals surface area contributed by atoms with E-state index < -0.39 is 24.3 Å². The largest absolute Gasteiger partial charge is 0.452 e. The average molecular weight is 382 g/mol. The Morgan fingerprint density at radius 2 is 1.75 bits per heavy atom. The quantitative estimate of drug-likeness (QED) is 0.606. The van der Waals surface area contributed by atoms with Crippen molar-refractivity contribution >= 4 is 29.3 Å². The molecule has 0 unspecified atom stereocenters. The number of nitrogens with one attached hydrogen (secondary N) is 1. The third kappa shape index (κ3) is 5.67. The first-order chi connectivity index (χ1) is 13.6. The lowest BCUT2D eigenvalue weighted by molar-refractivity contribution is -0.142. The van der Waals surface area contributed by atoms with Crippen molar-refractivity contribution in [2.24, 2.45) is 0 Å². The molecule has 1 fully saturated rings. The molecule has 0 bridgehead atoms. The molecule has 28 heavy (non-hydrogen) atoms. The second kappa shape index (κ2) is 9.69. The van der Waals surface area contributed by atoms with E-state index in [0.29, 0.717) is 5.69 Å². The Hall–Kier alpha value is -3.15. The van der Waals surface area contributed by atoms with Gasteiger partial charge in [-0.2, -0.15) is 0 Å². The molecule has 2 aromatic rings. The summed E-state index contributed by atoms with van der Waals surface area (Å²) in [7, 11) is 0. The molecule has 1 N–H and O–H groups in total. The van der Waals surface area contributed by atoms with Crippen molar-refractivity contribution in [1.82, 2.24) is 0 Å². The summed E-state index contributed by atoms with van der Waals surface area (Å²) in [5.41, 5.74) is 2.06. The van der Waals surface area contributed by atoms with Gasteiger partial charge in [-0.3, -0.25) is 4.79 Å². The lowest BCUT2D eigenvalue weighted by atomic mass is 10.1. The Bertz CT molecular complexity index is 843. The fourth-order valence-corrected chi connectivity index (χ4v) is 3.06. The highest BCUT2D eigenvalue weighted by Gasteiger charge is 2.11. The lowest BCUT2D eigenvalue weighted by Crippen LogP contribution is -2.29. The summed E-state index contributed by atoms with van der Waals surface area (Å²) in [4.78, 5) is 26.0. The van der Waals surface area contributed by atoms with Crippen LogP contribution in [0.4, 0.5) is 15.8 Å². The van der Waals surface area contributed by atoms with Crippen molar-refractivity contribution in [1.29, 1.82) is 0 Å². The molecule has 1 saturated heterocycles. The molecule has 0 saturated carbocycles. The maximum absolute atomic E-state index is 13.5. The zero-order chi connectivity index (χ0) is 19.8. The van der Waals surface area contributed by atoms with Gasteiger partial charge in [-0.25, -0.2) is 9.18 Å². The first kappa shape index (κ1) is 19.6. The molecule has 0 spiro atoms. The molecule has 0 radical (unpaired) electrons. The maximum Gasteiger partial charge on any atom is 0.331 e. The zero-order valence-corrected chi connectivity index (χ0v) is 15.6. The van der Waals surface area contributed by atoms with E-state index in [-0.39, 0.29) is 5.56 Å². The van der Waals surface area contributed by atoms with Crippen LogP contribution in [0.5, 0.6) is 0 Å². The molecule has 1 amide bonds. The Morgan fingerprint density at radius 3 is 2.46 bits per heavy atom. The zero-order valence-electron chi connectivity index (χ0n) is 15.6. The van der Waals surface area contributed by atoms with Gasteiger partial charge in [0, 0.05) is 36.1 Å². The average Bonchev–Trinajstić information content (AvgIpc) is 2.73. The number of ether oxygens (including phenoxy) is 1. The molecular formula is C22H23FN2O3. The van der Waals surface area contributed by atoms with Gasteiger partial charge in [0.1, 0.15) is 5.82 Å². The number of anilines is 2. The SMILES string of the molecule is O=C(COC(=O)/C=C/c1ccccc1F)Nc1ccc(N2CCCCC2)cc1. The number of hydrogen-bond acceptors (Lipinski definition) is 4. The van der Waals surface area contributed by atoms with Crippen molar-refractivity contribution in [3.8, 4) is 0 Å².